The SMILES string of the molecule is Cc1nn(C)c(C)c1N(C(=O)c1csc(Cc2c(Cl)cccc2Cl)n1)S(C)(=O)=O. The van der Waals surface area contributed by atoms with Gasteiger partial charge in [0, 0.05) is 28.9 Å². The summed E-state index contributed by atoms with van der Waals surface area (Å²) >= 11 is 13.6. The highest BCUT2D eigenvalue weighted by molar-refractivity contribution is 7.92. The van der Waals surface area contributed by atoms with Crippen LogP contribution in [-0.4, -0.2) is 35.3 Å². The molecule has 0 radical (unpaired) electrons. The summed E-state index contributed by atoms with van der Waals surface area (Å²) in [5.41, 5.74) is 1.95. The number of thiazole rings is 1. The molecule has 0 saturated carbocycles. The van der Waals surface area contributed by atoms with Gasteiger partial charge in [0.2, 0.25) is 10.0 Å². The molecule has 0 aliphatic heterocycles. The van der Waals surface area contributed by atoms with E-state index in [1.54, 1.807) is 39.1 Å². The minimum Gasteiger partial charge on any atom is -0.270 e. The molecule has 2 aromatic heterocycles. The van der Waals surface area contributed by atoms with E-state index in [2.05, 4.69) is 10.1 Å². The number of sulfonamides is 1. The fourth-order valence-corrected chi connectivity index (χ4v) is 5.22. The molecule has 0 aliphatic carbocycles. The Hall–Kier alpha value is -1.94. The normalized spacial score (nSPS) is 11.7. The monoisotopic (exact) mass is 472 g/mol. The van der Waals surface area contributed by atoms with Crippen LogP contribution in [0.3, 0.4) is 0 Å². The quantitative estimate of drug-likeness (QED) is 0.559. The van der Waals surface area contributed by atoms with Gasteiger partial charge in [-0.05, 0) is 31.5 Å². The number of hydrogen-bond acceptors (Lipinski definition) is 6. The van der Waals surface area contributed by atoms with Crippen LogP contribution < -0.4 is 4.31 Å². The smallest absolute Gasteiger partial charge is 0.270 e. The van der Waals surface area contributed by atoms with Gasteiger partial charge < -0.3 is 0 Å². The number of nitrogens with zero attached hydrogens (tertiary/aromatic N) is 4. The second-order valence-corrected chi connectivity index (χ2v) is 10.1. The Labute approximate surface area is 182 Å². The van der Waals surface area contributed by atoms with E-state index in [4.69, 9.17) is 23.2 Å². The summed E-state index contributed by atoms with van der Waals surface area (Å²) in [5, 5.41) is 7.34. The number of aromatic nitrogens is 3. The summed E-state index contributed by atoms with van der Waals surface area (Å²) in [7, 11) is -2.22. The van der Waals surface area contributed by atoms with Crippen molar-refractivity contribution < 1.29 is 13.2 Å². The van der Waals surface area contributed by atoms with Crippen molar-refractivity contribution in [3.8, 4) is 0 Å². The molecule has 7 nitrogen and oxygen atoms in total. The molecule has 2 heterocycles. The molecular formula is C18H18Cl2N4O3S2. The Bertz CT molecular complexity index is 1180. The number of halogens is 2. The minimum atomic E-state index is -3.91. The van der Waals surface area contributed by atoms with Crippen molar-refractivity contribution >= 4 is 56.2 Å². The number of aryl methyl sites for hydroxylation is 2. The van der Waals surface area contributed by atoms with Gasteiger partial charge in [0.1, 0.15) is 11.4 Å². The second-order valence-electron chi connectivity index (χ2n) is 6.48. The first-order valence-corrected chi connectivity index (χ1v) is 11.9. The van der Waals surface area contributed by atoms with Crippen LogP contribution in [0.5, 0.6) is 0 Å². The lowest BCUT2D eigenvalue weighted by Crippen LogP contribution is -2.37. The van der Waals surface area contributed by atoms with Gasteiger partial charge in [-0.15, -0.1) is 11.3 Å². The molecule has 1 amide bonds. The average molecular weight is 473 g/mol. The third kappa shape index (κ3) is 4.32. The third-order valence-electron chi connectivity index (χ3n) is 4.35. The highest BCUT2D eigenvalue weighted by Gasteiger charge is 2.32. The highest BCUT2D eigenvalue weighted by atomic mass is 35.5. The first-order chi connectivity index (χ1) is 13.5. The zero-order valence-corrected chi connectivity index (χ0v) is 19.2. The fourth-order valence-electron chi connectivity index (χ4n) is 2.92. The number of carbonyl (C=O) groups excluding carboxylic acids is 1. The molecule has 1 aromatic carbocycles. The van der Waals surface area contributed by atoms with Gasteiger partial charge in [-0.1, -0.05) is 29.3 Å². The molecule has 0 saturated heterocycles. The molecule has 0 fully saturated rings. The second kappa shape index (κ2) is 8.06. The molecular weight excluding hydrogens is 455 g/mol. The molecule has 3 rings (SSSR count). The lowest BCUT2D eigenvalue weighted by Gasteiger charge is -2.19. The van der Waals surface area contributed by atoms with Crippen molar-refractivity contribution in [2.45, 2.75) is 20.3 Å². The minimum absolute atomic E-state index is 0.0289. The Morgan fingerprint density at radius 2 is 1.86 bits per heavy atom. The molecule has 3 aromatic rings. The lowest BCUT2D eigenvalue weighted by atomic mass is 10.1. The number of amides is 1. The predicted molar refractivity (Wildman–Crippen MR) is 116 cm³/mol. The summed E-state index contributed by atoms with van der Waals surface area (Å²) in [6.07, 6.45) is 1.31. The van der Waals surface area contributed by atoms with Gasteiger partial charge in [-0.2, -0.15) is 9.40 Å². The third-order valence-corrected chi connectivity index (χ3v) is 6.92. The summed E-state index contributed by atoms with van der Waals surface area (Å²) in [5.74, 6) is -0.737. The van der Waals surface area contributed by atoms with E-state index >= 15 is 0 Å². The molecule has 0 bridgehead atoms. The number of rotatable bonds is 5. The van der Waals surface area contributed by atoms with Crippen molar-refractivity contribution in [3.05, 3.63) is 61.3 Å². The Kier molecular flexibility index (Phi) is 6.05. The zero-order valence-electron chi connectivity index (χ0n) is 16.1. The maximum absolute atomic E-state index is 13.1. The molecule has 0 aliphatic rings. The Morgan fingerprint density at radius 1 is 1.24 bits per heavy atom. The fraction of sp³-hybridized carbons (Fsp3) is 0.278. The van der Waals surface area contributed by atoms with Gasteiger partial charge in [0.25, 0.3) is 5.91 Å². The van der Waals surface area contributed by atoms with Crippen molar-refractivity contribution in [1.29, 1.82) is 0 Å². The van der Waals surface area contributed by atoms with E-state index in [0.29, 0.717) is 38.4 Å². The van der Waals surface area contributed by atoms with Crippen molar-refractivity contribution in [2.75, 3.05) is 10.6 Å². The van der Waals surface area contributed by atoms with E-state index < -0.39 is 15.9 Å². The summed E-state index contributed by atoms with van der Waals surface area (Å²) in [6.45, 7) is 3.35. The number of benzene rings is 1. The van der Waals surface area contributed by atoms with E-state index in [9.17, 15) is 13.2 Å². The molecule has 11 heteroatoms. The standard InChI is InChI=1S/C18H18Cl2N4O3S2/c1-10-17(11(2)23(3)22-10)24(29(4,26)27)18(25)15-9-28-16(21-15)8-12-13(19)6-5-7-14(12)20/h5-7,9H,8H2,1-4H3. The van der Waals surface area contributed by atoms with Gasteiger partial charge in [0.05, 0.1) is 22.7 Å². The van der Waals surface area contributed by atoms with Crippen LogP contribution in [0.2, 0.25) is 10.0 Å². The van der Waals surface area contributed by atoms with Crippen LogP contribution in [0.1, 0.15) is 32.4 Å². The van der Waals surface area contributed by atoms with Crippen LogP contribution in [0, 0.1) is 13.8 Å². The van der Waals surface area contributed by atoms with Crippen LogP contribution in [-0.2, 0) is 23.5 Å². The first kappa shape index (κ1) is 21.8. The van der Waals surface area contributed by atoms with Crippen molar-refractivity contribution in [3.63, 3.8) is 0 Å². The molecule has 0 atom stereocenters. The predicted octanol–water partition coefficient (Wildman–Crippen LogP) is 4.00. The first-order valence-electron chi connectivity index (χ1n) is 8.42. The Morgan fingerprint density at radius 3 is 2.38 bits per heavy atom. The van der Waals surface area contributed by atoms with Gasteiger partial charge >= 0.3 is 0 Å². The largest absolute Gasteiger partial charge is 0.291 e. The maximum Gasteiger partial charge on any atom is 0.291 e. The van der Waals surface area contributed by atoms with Gasteiger partial charge in [-0.25, -0.2) is 13.4 Å². The Balaban J connectivity index is 1.98. The summed E-state index contributed by atoms with van der Waals surface area (Å²) < 4.78 is 27.2. The summed E-state index contributed by atoms with van der Waals surface area (Å²) in [6, 6.07) is 5.19. The van der Waals surface area contributed by atoms with Crippen LogP contribution >= 0.6 is 34.5 Å². The van der Waals surface area contributed by atoms with Crippen LogP contribution in [0.15, 0.2) is 23.6 Å². The van der Waals surface area contributed by atoms with Crippen molar-refractivity contribution in [1.82, 2.24) is 14.8 Å². The number of hydrogen-bond donors (Lipinski definition) is 0. The highest BCUT2D eigenvalue weighted by Crippen LogP contribution is 2.30. The van der Waals surface area contributed by atoms with Crippen molar-refractivity contribution in [2.24, 2.45) is 7.05 Å². The number of carbonyl (C=O) groups is 1. The number of anilines is 1. The van der Waals surface area contributed by atoms with Gasteiger partial charge in [0.15, 0.2) is 0 Å². The zero-order chi connectivity index (χ0) is 21.5. The van der Waals surface area contributed by atoms with Gasteiger partial charge in [-0.3, -0.25) is 9.48 Å². The van der Waals surface area contributed by atoms with E-state index in [-0.39, 0.29) is 11.4 Å². The molecule has 0 unspecified atom stereocenters. The average Bonchev–Trinajstić information content (AvgIpc) is 3.17. The van der Waals surface area contributed by atoms with E-state index in [1.165, 1.54) is 21.4 Å². The molecule has 0 N–H and O–H groups in total. The summed E-state index contributed by atoms with van der Waals surface area (Å²) in [4.78, 5) is 17.4. The molecule has 154 valence electrons. The molecule has 0 spiro atoms. The topological polar surface area (TPSA) is 85.2 Å². The van der Waals surface area contributed by atoms with E-state index in [1.807, 2.05) is 0 Å². The van der Waals surface area contributed by atoms with Crippen LogP contribution in [0.25, 0.3) is 0 Å². The van der Waals surface area contributed by atoms with Crippen LogP contribution in [0.4, 0.5) is 5.69 Å². The molecule has 29 heavy (non-hydrogen) atoms. The lowest BCUT2D eigenvalue weighted by molar-refractivity contribution is 0.100. The van der Waals surface area contributed by atoms with E-state index in [0.717, 1.165) is 10.6 Å². The maximum atomic E-state index is 13.1.